The second kappa shape index (κ2) is 4.77. The molecule has 2 N–H and O–H groups in total. The second-order valence-electron chi connectivity index (χ2n) is 4.95. The summed E-state index contributed by atoms with van der Waals surface area (Å²) < 4.78 is 29.0. The van der Waals surface area contributed by atoms with Crippen LogP contribution in [0.5, 0.6) is 0 Å². The Balaban J connectivity index is 2.24. The second-order valence-corrected chi connectivity index (χ2v) is 6.19. The summed E-state index contributed by atoms with van der Waals surface area (Å²) in [6.07, 6.45) is 0. The maximum atomic E-state index is 13.8. The number of benzene rings is 1. The highest BCUT2D eigenvalue weighted by Gasteiger charge is 2.21. The normalized spacial score (nSPS) is 13.0. The van der Waals surface area contributed by atoms with Crippen molar-refractivity contribution < 1.29 is 8.78 Å². The van der Waals surface area contributed by atoms with Gasteiger partial charge in [0.15, 0.2) is 5.82 Å². The predicted molar refractivity (Wildman–Crippen MR) is 79.5 cm³/mol. The van der Waals surface area contributed by atoms with E-state index in [0.29, 0.717) is 5.52 Å². The van der Waals surface area contributed by atoms with Crippen molar-refractivity contribution in [2.45, 2.75) is 26.8 Å². The van der Waals surface area contributed by atoms with Gasteiger partial charge in [-0.05, 0) is 20.8 Å². The molecule has 2 heterocycles. The molecule has 1 unspecified atom stereocenters. The van der Waals surface area contributed by atoms with Gasteiger partial charge in [0.05, 0.1) is 27.1 Å². The van der Waals surface area contributed by atoms with Crippen LogP contribution in [-0.2, 0) is 0 Å². The highest BCUT2D eigenvalue weighted by atomic mass is 32.1. The minimum Gasteiger partial charge on any atom is -0.369 e. The van der Waals surface area contributed by atoms with E-state index in [9.17, 15) is 8.78 Å². The van der Waals surface area contributed by atoms with E-state index in [1.165, 1.54) is 6.07 Å². The smallest absolute Gasteiger partial charge is 0.201 e. The van der Waals surface area contributed by atoms with Gasteiger partial charge in [0.2, 0.25) is 5.95 Å². The largest absolute Gasteiger partial charge is 0.369 e. The zero-order chi connectivity index (χ0) is 15.3. The Kier molecular flexibility index (Phi) is 3.16. The zero-order valence-corrected chi connectivity index (χ0v) is 12.6. The molecule has 0 fully saturated rings. The molecule has 0 aliphatic rings. The van der Waals surface area contributed by atoms with Gasteiger partial charge in [0.25, 0.3) is 0 Å². The van der Waals surface area contributed by atoms with E-state index >= 15 is 0 Å². The van der Waals surface area contributed by atoms with Gasteiger partial charge in [-0.3, -0.25) is 0 Å². The van der Waals surface area contributed by atoms with E-state index < -0.39 is 11.6 Å². The number of hydrogen-bond donors (Lipinski definition) is 1. The predicted octanol–water partition coefficient (Wildman–Crippen LogP) is 3.58. The number of nitrogens with two attached hydrogens (primary N) is 1. The molecule has 1 aromatic carbocycles. The number of nitrogen functional groups attached to an aromatic ring is 1. The zero-order valence-electron chi connectivity index (χ0n) is 11.8. The van der Waals surface area contributed by atoms with E-state index in [2.05, 4.69) is 9.97 Å². The van der Waals surface area contributed by atoms with Crippen LogP contribution < -0.4 is 5.73 Å². The lowest BCUT2D eigenvalue weighted by Gasteiger charge is -2.15. The molecule has 7 heteroatoms. The Bertz CT molecular complexity index is 837. The summed E-state index contributed by atoms with van der Waals surface area (Å²) in [5.74, 6) is -1.20. The number of nitrogens with zero attached hydrogens (tertiary/aromatic N) is 3. The minimum atomic E-state index is -0.708. The number of hydrogen-bond acceptors (Lipinski definition) is 4. The lowest BCUT2D eigenvalue weighted by atomic mass is 10.2. The number of fused-ring (bicyclic) bond motifs is 1. The van der Waals surface area contributed by atoms with Gasteiger partial charge in [-0.15, -0.1) is 11.3 Å². The van der Waals surface area contributed by atoms with Crippen LogP contribution in [0.2, 0.25) is 0 Å². The molecule has 0 saturated carbocycles. The summed E-state index contributed by atoms with van der Waals surface area (Å²) in [6.45, 7) is 5.74. The molecular formula is C14H14F2N4S. The van der Waals surface area contributed by atoms with Gasteiger partial charge in [-0.2, -0.15) is 0 Å². The lowest BCUT2D eigenvalue weighted by molar-refractivity contribution is 0.589. The van der Waals surface area contributed by atoms with Gasteiger partial charge >= 0.3 is 0 Å². The van der Waals surface area contributed by atoms with Crippen molar-refractivity contribution in [3.8, 4) is 0 Å². The molecule has 0 saturated heterocycles. The number of imidazole rings is 1. The maximum Gasteiger partial charge on any atom is 0.201 e. The summed E-state index contributed by atoms with van der Waals surface area (Å²) >= 11 is 1.54. The summed E-state index contributed by atoms with van der Waals surface area (Å²) in [4.78, 5) is 9.41. The molecule has 21 heavy (non-hydrogen) atoms. The number of aryl methyl sites for hydroxylation is 2. The Labute approximate surface area is 124 Å². The third-order valence-electron chi connectivity index (χ3n) is 3.45. The number of halogens is 2. The van der Waals surface area contributed by atoms with E-state index in [0.717, 1.165) is 21.6 Å². The SMILES string of the molecule is Cc1nc(C)c(C(C)n2c(N)nc3c(F)cc(F)cc32)s1. The third kappa shape index (κ3) is 2.17. The Morgan fingerprint density at radius 3 is 2.57 bits per heavy atom. The van der Waals surface area contributed by atoms with Crippen LogP contribution >= 0.6 is 11.3 Å². The highest BCUT2D eigenvalue weighted by Crippen LogP contribution is 2.33. The first-order valence-corrected chi connectivity index (χ1v) is 7.26. The molecule has 0 bridgehead atoms. The van der Waals surface area contributed by atoms with Crippen LogP contribution in [-0.4, -0.2) is 14.5 Å². The molecule has 110 valence electrons. The molecule has 0 amide bonds. The minimum absolute atomic E-state index is 0.0830. The molecule has 4 nitrogen and oxygen atoms in total. The lowest BCUT2D eigenvalue weighted by Crippen LogP contribution is -2.10. The third-order valence-corrected chi connectivity index (χ3v) is 4.69. The van der Waals surface area contributed by atoms with Gasteiger partial charge in [-0.1, -0.05) is 0 Å². The van der Waals surface area contributed by atoms with Crippen LogP contribution in [0, 0.1) is 25.5 Å². The maximum absolute atomic E-state index is 13.8. The van der Waals surface area contributed by atoms with Crippen molar-refractivity contribution in [3.05, 3.63) is 39.3 Å². The summed E-state index contributed by atoms with van der Waals surface area (Å²) in [7, 11) is 0. The van der Waals surface area contributed by atoms with Gasteiger partial charge in [0, 0.05) is 12.1 Å². The molecule has 0 spiro atoms. The average molecular weight is 308 g/mol. The van der Waals surface area contributed by atoms with Crippen LogP contribution in [0.25, 0.3) is 11.0 Å². The molecule has 0 aliphatic heterocycles. The molecule has 3 rings (SSSR count). The van der Waals surface area contributed by atoms with E-state index in [1.807, 2.05) is 20.8 Å². The summed E-state index contributed by atoms with van der Waals surface area (Å²) in [6, 6.07) is 1.87. The first-order chi connectivity index (χ1) is 9.88. The molecule has 0 aliphatic carbocycles. The average Bonchev–Trinajstić information content (AvgIpc) is 2.88. The van der Waals surface area contributed by atoms with Crippen LogP contribution in [0.15, 0.2) is 12.1 Å². The standard InChI is InChI=1S/C14H14F2N4S/c1-6-13(21-8(3)18-6)7(2)20-11-5-9(15)4-10(16)12(11)19-14(20)17/h4-5,7H,1-3H3,(H2,17,19). The van der Waals surface area contributed by atoms with Crippen molar-refractivity contribution in [1.82, 2.24) is 14.5 Å². The van der Waals surface area contributed by atoms with Crippen LogP contribution in [0.1, 0.15) is 28.5 Å². The number of rotatable bonds is 2. The number of anilines is 1. The molecule has 2 aromatic heterocycles. The molecule has 0 radical (unpaired) electrons. The molecule has 3 aromatic rings. The fraction of sp³-hybridized carbons (Fsp3) is 0.286. The van der Waals surface area contributed by atoms with Crippen molar-refractivity contribution in [3.63, 3.8) is 0 Å². The first-order valence-electron chi connectivity index (χ1n) is 6.45. The topological polar surface area (TPSA) is 56.7 Å². The van der Waals surface area contributed by atoms with E-state index in [1.54, 1.807) is 15.9 Å². The van der Waals surface area contributed by atoms with Crippen molar-refractivity contribution >= 4 is 28.3 Å². The molecule has 1 atom stereocenters. The Hall–Kier alpha value is -2.02. The number of aromatic nitrogens is 3. The first kappa shape index (κ1) is 13.9. The monoisotopic (exact) mass is 308 g/mol. The van der Waals surface area contributed by atoms with E-state index in [-0.39, 0.29) is 17.5 Å². The highest BCUT2D eigenvalue weighted by molar-refractivity contribution is 7.11. The Morgan fingerprint density at radius 1 is 1.24 bits per heavy atom. The van der Waals surface area contributed by atoms with Crippen LogP contribution in [0.3, 0.4) is 0 Å². The van der Waals surface area contributed by atoms with Gasteiger partial charge in [-0.25, -0.2) is 18.7 Å². The molecular weight excluding hydrogens is 294 g/mol. The van der Waals surface area contributed by atoms with Crippen molar-refractivity contribution in [2.75, 3.05) is 5.73 Å². The summed E-state index contributed by atoms with van der Waals surface area (Å²) in [5.41, 5.74) is 7.24. The van der Waals surface area contributed by atoms with E-state index in [4.69, 9.17) is 5.73 Å². The van der Waals surface area contributed by atoms with Gasteiger partial charge in [0.1, 0.15) is 11.3 Å². The quantitative estimate of drug-likeness (QED) is 0.787. The summed E-state index contributed by atoms with van der Waals surface area (Å²) in [5, 5.41) is 0.940. The van der Waals surface area contributed by atoms with Crippen molar-refractivity contribution in [2.24, 2.45) is 0 Å². The number of thiazole rings is 1. The Morgan fingerprint density at radius 2 is 1.95 bits per heavy atom. The van der Waals surface area contributed by atoms with Crippen LogP contribution in [0.4, 0.5) is 14.7 Å². The fourth-order valence-corrected chi connectivity index (χ4v) is 3.57. The van der Waals surface area contributed by atoms with Crippen molar-refractivity contribution in [1.29, 1.82) is 0 Å². The fourth-order valence-electron chi connectivity index (χ4n) is 2.60. The van der Waals surface area contributed by atoms with Gasteiger partial charge < -0.3 is 10.3 Å².